The zero-order chi connectivity index (χ0) is 17.5. The molecule has 5 nitrogen and oxygen atoms in total. The van der Waals surface area contributed by atoms with Gasteiger partial charge in [-0.05, 0) is 43.0 Å². The molecule has 0 saturated carbocycles. The van der Waals surface area contributed by atoms with Crippen molar-refractivity contribution in [1.82, 2.24) is 5.32 Å². The van der Waals surface area contributed by atoms with Gasteiger partial charge in [0, 0.05) is 0 Å². The van der Waals surface area contributed by atoms with E-state index in [2.05, 4.69) is 5.32 Å². The van der Waals surface area contributed by atoms with E-state index in [0.29, 0.717) is 12.8 Å². The molecule has 126 valence electrons. The quantitative estimate of drug-likeness (QED) is 0.720. The maximum absolute atomic E-state index is 12.3. The molecule has 0 radical (unpaired) electrons. The van der Waals surface area contributed by atoms with Gasteiger partial charge < -0.3 is 16.2 Å². The van der Waals surface area contributed by atoms with Crippen LogP contribution < -0.4 is 11.1 Å². The van der Waals surface area contributed by atoms with Crippen LogP contribution in [0.25, 0.3) is 0 Å². The second-order valence-electron chi connectivity index (χ2n) is 5.84. The second-order valence-corrected chi connectivity index (χ2v) is 5.84. The van der Waals surface area contributed by atoms with Crippen LogP contribution in [0.2, 0.25) is 0 Å². The summed E-state index contributed by atoms with van der Waals surface area (Å²) in [7, 11) is 0. The van der Waals surface area contributed by atoms with Gasteiger partial charge in [-0.2, -0.15) is 0 Å². The second kappa shape index (κ2) is 8.26. The van der Waals surface area contributed by atoms with E-state index in [1.54, 1.807) is 24.3 Å². The molecule has 2 aromatic rings. The van der Waals surface area contributed by atoms with Gasteiger partial charge in [-0.25, -0.2) is 0 Å². The molecule has 0 aliphatic rings. The topological polar surface area (TPSA) is 92.4 Å². The zero-order valence-corrected chi connectivity index (χ0v) is 13.6. The molecule has 2 atom stereocenters. The standard InChI is InChI=1S/C19H22N2O3/c1-13(22)18(12-15-7-9-16(23)10-8-15)21-19(24)17(20)11-14-5-3-2-4-6-14/h2-10,17-18,23H,11-12,20H2,1H3,(H,21,24). The highest BCUT2D eigenvalue weighted by molar-refractivity contribution is 5.89. The van der Waals surface area contributed by atoms with Gasteiger partial charge in [-0.3, -0.25) is 9.59 Å². The molecule has 4 N–H and O–H groups in total. The number of nitrogens with two attached hydrogens (primary N) is 1. The third-order valence-electron chi connectivity index (χ3n) is 3.82. The van der Waals surface area contributed by atoms with E-state index >= 15 is 0 Å². The Kier molecular flexibility index (Phi) is 6.09. The van der Waals surface area contributed by atoms with Crippen molar-refractivity contribution in [3.8, 4) is 5.75 Å². The number of hydrogen-bond donors (Lipinski definition) is 3. The number of phenolic OH excluding ortho intramolecular Hbond substituents is 1. The number of rotatable bonds is 7. The van der Waals surface area contributed by atoms with Crippen LogP contribution in [0.5, 0.6) is 5.75 Å². The molecule has 0 aromatic heterocycles. The van der Waals surface area contributed by atoms with Crippen LogP contribution >= 0.6 is 0 Å². The molecule has 24 heavy (non-hydrogen) atoms. The fraction of sp³-hybridized carbons (Fsp3) is 0.263. The zero-order valence-electron chi connectivity index (χ0n) is 13.6. The van der Waals surface area contributed by atoms with E-state index in [0.717, 1.165) is 11.1 Å². The molecule has 0 aliphatic carbocycles. The molecular formula is C19H22N2O3. The minimum Gasteiger partial charge on any atom is -0.508 e. The number of benzene rings is 2. The summed E-state index contributed by atoms with van der Waals surface area (Å²) < 4.78 is 0. The number of phenols is 1. The van der Waals surface area contributed by atoms with Crippen molar-refractivity contribution in [3.63, 3.8) is 0 Å². The molecular weight excluding hydrogens is 304 g/mol. The first-order valence-electron chi connectivity index (χ1n) is 7.84. The number of carbonyl (C=O) groups is 2. The molecule has 0 saturated heterocycles. The lowest BCUT2D eigenvalue weighted by Gasteiger charge is -2.19. The SMILES string of the molecule is CC(=O)C(Cc1ccc(O)cc1)NC(=O)C(N)Cc1ccccc1. The summed E-state index contributed by atoms with van der Waals surface area (Å²) in [5.41, 5.74) is 7.78. The van der Waals surface area contributed by atoms with Crippen LogP contribution in [-0.2, 0) is 22.4 Å². The van der Waals surface area contributed by atoms with Crippen LogP contribution in [0.1, 0.15) is 18.1 Å². The van der Waals surface area contributed by atoms with Crippen LogP contribution in [0, 0.1) is 0 Å². The minimum atomic E-state index is -0.714. The molecule has 0 aliphatic heterocycles. The number of aromatic hydroxyl groups is 1. The van der Waals surface area contributed by atoms with E-state index in [1.807, 2.05) is 30.3 Å². The maximum atomic E-state index is 12.3. The van der Waals surface area contributed by atoms with E-state index in [9.17, 15) is 14.7 Å². The Labute approximate surface area is 141 Å². The first-order chi connectivity index (χ1) is 11.5. The monoisotopic (exact) mass is 326 g/mol. The largest absolute Gasteiger partial charge is 0.508 e. The van der Waals surface area contributed by atoms with Gasteiger partial charge in [0.2, 0.25) is 5.91 Å². The lowest BCUT2D eigenvalue weighted by Crippen LogP contribution is -2.49. The Hall–Kier alpha value is -2.66. The number of carbonyl (C=O) groups excluding carboxylic acids is 2. The van der Waals surface area contributed by atoms with Gasteiger partial charge in [0.1, 0.15) is 5.75 Å². The van der Waals surface area contributed by atoms with Gasteiger partial charge in [0.15, 0.2) is 5.78 Å². The summed E-state index contributed by atoms with van der Waals surface area (Å²) in [5, 5.41) is 12.0. The Morgan fingerprint density at radius 2 is 1.58 bits per heavy atom. The van der Waals surface area contributed by atoms with Crippen molar-refractivity contribution >= 4 is 11.7 Å². The molecule has 2 rings (SSSR count). The summed E-state index contributed by atoms with van der Waals surface area (Å²) in [4.78, 5) is 24.1. The van der Waals surface area contributed by atoms with Crippen molar-refractivity contribution in [2.75, 3.05) is 0 Å². The highest BCUT2D eigenvalue weighted by Crippen LogP contribution is 2.12. The van der Waals surface area contributed by atoms with E-state index in [1.165, 1.54) is 6.92 Å². The van der Waals surface area contributed by atoms with Gasteiger partial charge >= 0.3 is 0 Å². The normalized spacial score (nSPS) is 13.1. The molecule has 5 heteroatoms. The van der Waals surface area contributed by atoms with E-state index < -0.39 is 12.1 Å². The predicted octanol–water partition coefficient (Wildman–Crippen LogP) is 1.58. The molecule has 0 bridgehead atoms. The van der Waals surface area contributed by atoms with Crippen molar-refractivity contribution in [2.45, 2.75) is 31.8 Å². The number of nitrogens with one attached hydrogen (secondary N) is 1. The molecule has 2 aromatic carbocycles. The number of amides is 1. The molecule has 0 spiro atoms. The predicted molar refractivity (Wildman–Crippen MR) is 92.5 cm³/mol. The van der Waals surface area contributed by atoms with Crippen molar-refractivity contribution in [1.29, 1.82) is 0 Å². The number of hydrogen-bond acceptors (Lipinski definition) is 4. The Balaban J connectivity index is 1.97. The summed E-state index contributed by atoms with van der Waals surface area (Å²) in [6.07, 6.45) is 0.774. The first-order valence-corrected chi connectivity index (χ1v) is 7.84. The average Bonchev–Trinajstić information content (AvgIpc) is 2.56. The van der Waals surface area contributed by atoms with Crippen LogP contribution in [0.3, 0.4) is 0 Å². The molecule has 1 amide bonds. The van der Waals surface area contributed by atoms with Crippen LogP contribution in [0.4, 0.5) is 0 Å². The fourth-order valence-corrected chi connectivity index (χ4v) is 2.40. The van der Waals surface area contributed by atoms with Crippen molar-refractivity contribution in [2.24, 2.45) is 5.73 Å². The maximum Gasteiger partial charge on any atom is 0.237 e. The Morgan fingerprint density at radius 3 is 2.17 bits per heavy atom. The smallest absolute Gasteiger partial charge is 0.237 e. The third-order valence-corrected chi connectivity index (χ3v) is 3.82. The third kappa shape index (κ3) is 5.21. The van der Waals surface area contributed by atoms with E-state index in [4.69, 9.17) is 5.73 Å². The lowest BCUT2D eigenvalue weighted by molar-refractivity contribution is -0.127. The summed E-state index contributed by atoms with van der Waals surface area (Å²) in [6.45, 7) is 1.44. The van der Waals surface area contributed by atoms with Gasteiger partial charge in [0.05, 0.1) is 12.1 Å². The average molecular weight is 326 g/mol. The highest BCUT2D eigenvalue weighted by atomic mass is 16.3. The first kappa shape index (κ1) is 17.7. The molecule has 0 fully saturated rings. The van der Waals surface area contributed by atoms with Crippen LogP contribution in [-0.4, -0.2) is 28.9 Å². The number of ketones is 1. The highest BCUT2D eigenvalue weighted by Gasteiger charge is 2.21. The summed E-state index contributed by atoms with van der Waals surface area (Å²) in [5.74, 6) is -0.326. The van der Waals surface area contributed by atoms with Crippen molar-refractivity contribution < 1.29 is 14.7 Å². The molecule has 0 heterocycles. The Morgan fingerprint density at radius 1 is 1.00 bits per heavy atom. The van der Waals surface area contributed by atoms with Crippen LogP contribution in [0.15, 0.2) is 54.6 Å². The summed E-state index contributed by atoms with van der Waals surface area (Å²) in [6, 6.07) is 14.7. The van der Waals surface area contributed by atoms with Crippen molar-refractivity contribution in [3.05, 3.63) is 65.7 Å². The minimum absolute atomic E-state index is 0.136. The van der Waals surface area contributed by atoms with Gasteiger partial charge in [-0.15, -0.1) is 0 Å². The molecule has 2 unspecified atom stereocenters. The van der Waals surface area contributed by atoms with Gasteiger partial charge in [-0.1, -0.05) is 42.5 Å². The van der Waals surface area contributed by atoms with E-state index in [-0.39, 0.29) is 17.4 Å². The van der Waals surface area contributed by atoms with Gasteiger partial charge in [0.25, 0.3) is 0 Å². The lowest BCUT2D eigenvalue weighted by atomic mass is 10.0. The Bertz CT molecular complexity index is 684. The summed E-state index contributed by atoms with van der Waals surface area (Å²) >= 11 is 0. The fourth-order valence-electron chi connectivity index (χ4n) is 2.40. The number of Topliss-reactive ketones (excluding diaryl/α,β-unsaturated/α-hetero) is 1.